The predicted octanol–water partition coefficient (Wildman–Crippen LogP) is 4.59. The minimum atomic E-state index is -0.537. The van der Waals surface area contributed by atoms with Crippen LogP contribution in [0.25, 0.3) is 0 Å². The highest BCUT2D eigenvalue weighted by Crippen LogP contribution is 2.51. The third-order valence-corrected chi connectivity index (χ3v) is 4.69. The zero-order chi connectivity index (χ0) is 16.3. The van der Waals surface area contributed by atoms with Crippen molar-refractivity contribution in [3.63, 3.8) is 0 Å². The van der Waals surface area contributed by atoms with Crippen molar-refractivity contribution in [3.8, 4) is 11.5 Å². The normalized spacial score (nSPS) is 16.5. The first-order valence-electron chi connectivity index (χ1n) is 7.54. The second-order valence-corrected chi connectivity index (χ2v) is 6.39. The Bertz CT molecular complexity index is 600. The minimum Gasteiger partial charge on any atom is -0.492 e. The van der Waals surface area contributed by atoms with Gasteiger partial charge in [-0.05, 0) is 30.4 Å². The number of benzene rings is 1. The van der Waals surface area contributed by atoms with Gasteiger partial charge < -0.3 is 9.47 Å². The molecule has 1 aromatic carbocycles. The molecule has 1 fully saturated rings. The van der Waals surface area contributed by atoms with Crippen LogP contribution in [0, 0.1) is 0 Å². The lowest BCUT2D eigenvalue weighted by molar-refractivity contribution is 0.346. The number of rotatable bonds is 5. The Labute approximate surface area is 136 Å². The highest BCUT2D eigenvalue weighted by atomic mass is 35.5. The summed E-state index contributed by atoms with van der Waals surface area (Å²) in [5.41, 5.74) is 1.43. The fourth-order valence-electron chi connectivity index (χ4n) is 3.46. The van der Waals surface area contributed by atoms with E-state index in [-0.39, 0.29) is 5.92 Å². The number of aliphatic imine (C=N–C) groups is 1. The number of carbonyl (C=O) groups excluding carboxylic acids is 1. The Hall–Kier alpha value is -1.51. The summed E-state index contributed by atoms with van der Waals surface area (Å²) in [7, 11) is 3.18. The summed E-state index contributed by atoms with van der Waals surface area (Å²) in [6, 6.07) is 1.88. The Morgan fingerprint density at radius 3 is 2.27 bits per heavy atom. The van der Waals surface area contributed by atoms with Crippen molar-refractivity contribution in [3.05, 3.63) is 22.2 Å². The Morgan fingerprint density at radius 2 is 1.82 bits per heavy atom. The molecule has 0 saturated heterocycles. The second-order valence-electron chi connectivity index (χ2n) is 5.98. The van der Waals surface area contributed by atoms with Crippen molar-refractivity contribution in [2.24, 2.45) is 4.99 Å². The number of isocyanates is 1. The standard InChI is InChI=1S/C17H22ClNO3/c1-11(2)14-12(17(19-10-20)7-5-6-8-17)9-13(18)15(21-3)16(14)22-4/h9,11H,5-8H2,1-4H3. The molecule has 0 amide bonds. The van der Waals surface area contributed by atoms with Gasteiger partial charge in [-0.3, -0.25) is 0 Å². The lowest BCUT2D eigenvalue weighted by Gasteiger charge is -2.29. The molecule has 2 rings (SSSR count). The van der Waals surface area contributed by atoms with Gasteiger partial charge in [0.1, 0.15) is 0 Å². The zero-order valence-electron chi connectivity index (χ0n) is 13.5. The second kappa shape index (κ2) is 6.72. The van der Waals surface area contributed by atoms with Crippen molar-refractivity contribution >= 4 is 17.7 Å². The van der Waals surface area contributed by atoms with Crippen LogP contribution in [0.4, 0.5) is 0 Å². The first-order valence-corrected chi connectivity index (χ1v) is 7.92. The van der Waals surface area contributed by atoms with Crippen LogP contribution in [0.1, 0.15) is 56.6 Å². The molecule has 0 aromatic heterocycles. The number of ether oxygens (including phenoxy) is 2. The largest absolute Gasteiger partial charge is 0.492 e. The summed E-state index contributed by atoms with van der Waals surface area (Å²) >= 11 is 6.39. The fraction of sp³-hybridized carbons (Fsp3) is 0.588. The van der Waals surface area contributed by atoms with E-state index in [1.54, 1.807) is 20.3 Å². The van der Waals surface area contributed by atoms with E-state index < -0.39 is 5.54 Å². The van der Waals surface area contributed by atoms with Gasteiger partial charge in [-0.15, -0.1) is 0 Å². The first kappa shape index (κ1) is 16.9. The maximum atomic E-state index is 11.0. The predicted molar refractivity (Wildman–Crippen MR) is 86.9 cm³/mol. The van der Waals surface area contributed by atoms with Crippen LogP contribution in [0.15, 0.2) is 11.1 Å². The fourth-order valence-corrected chi connectivity index (χ4v) is 3.73. The van der Waals surface area contributed by atoms with Crippen molar-refractivity contribution in [1.29, 1.82) is 0 Å². The number of hydrogen-bond acceptors (Lipinski definition) is 4. The molecule has 0 bridgehead atoms. The van der Waals surface area contributed by atoms with Crippen LogP contribution in [-0.2, 0) is 10.3 Å². The molecule has 1 aliphatic rings. The summed E-state index contributed by atoms with van der Waals surface area (Å²) in [5, 5.41) is 0.478. The molecule has 1 aliphatic carbocycles. The SMILES string of the molecule is COc1c(Cl)cc(C2(N=C=O)CCCC2)c(C(C)C)c1OC. The van der Waals surface area contributed by atoms with E-state index >= 15 is 0 Å². The summed E-state index contributed by atoms with van der Waals surface area (Å²) in [6.45, 7) is 4.17. The lowest BCUT2D eigenvalue weighted by atomic mass is 9.81. The molecule has 0 unspecified atom stereocenters. The average Bonchev–Trinajstić information content (AvgIpc) is 2.95. The van der Waals surface area contributed by atoms with Crippen LogP contribution in [0.3, 0.4) is 0 Å². The average molecular weight is 324 g/mol. The molecule has 0 heterocycles. The molecule has 4 nitrogen and oxygen atoms in total. The highest BCUT2D eigenvalue weighted by Gasteiger charge is 2.40. The van der Waals surface area contributed by atoms with Crippen molar-refractivity contribution < 1.29 is 14.3 Å². The van der Waals surface area contributed by atoms with Gasteiger partial charge in [0.15, 0.2) is 11.5 Å². The van der Waals surface area contributed by atoms with Crippen LogP contribution in [0.5, 0.6) is 11.5 Å². The number of hydrogen-bond donors (Lipinski definition) is 0. The molecule has 0 N–H and O–H groups in total. The number of nitrogens with zero attached hydrogens (tertiary/aromatic N) is 1. The molecule has 1 saturated carbocycles. The van der Waals surface area contributed by atoms with Crippen LogP contribution in [-0.4, -0.2) is 20.3 Å². The summed E-state index contributed by atoms with van der Waals surface area (Å²) < 4.78 is 11.0. The van der Waals surface area contributed by atoms with E-state index in [9.17, 15) is 4.79 Å². The molecular formula is C17H22ClNO3. The quantitative estimate of drug-likeness (QED) is 0.588. The van der Waals surface area contributed by atoms with Gasteiger partial charge in [-0.2, -0.15) is 4.99 Å². The number of methoxy groups -OCH3 is 2. The van der Waals surface area contributed by atoms with Crippen molar-refractivity contribution in [1.82, 2.24) is 0 Å². The summed E-state index contributed by atoms with van der Waals surface area (Å²) in [6.07, 6.45) is 5.49. The van der Waals surface area contributed by atoms with Gasteiger partial charge in [0.05, 0.1) is 24.8 Å². The molecule has 120 valence electrons. The topological polar surface area (TPSA) is 47.9 Å². The molecule has 22 heavy (non-hydrogen) atoms. The van der Waals surface area contributed by atoms with E-state index in [1.165, 1.54) is 0 Å². The van der Waals surface area contributed by atoms with Crippen LogP contribution in [0.2, 0.25) is 5.02 Å². The third-order valence-electron chi connectivity index (χ3n) is 4.41. The van der Waals surface area contributed by atoms with E-state index in [0.717, 1.165) is 36.8 Å². The first-order chi connectivity index (χ1) is 10.5. The molecule has 0 spiro atoms. The van der Waals surface area contributed by atoms with Gasteiger partial charge >= 0.3 is 0 Å². The number of halogens is 1. The van der Waals surface area contributed by atoms with Crippen molar-refractivity contribution in [2.45, 2.75) is 51.0 Å². The van der Waals surface area contributed by atoms with Gasteiger partial charge in [0.2, 0.25) is 6.08 Å². The monoisotopic (exact) mass is 323 g/mol. The Kier molecular flexibility index (Phi) is 5.15. The Balaban J connectivity index is 2.79. The van der Waals surface area contributed by atoms with E-state index in [2.05, 4.69) is 18.8 Å². The smallest absolute Gasteiger partial charge is 0.235 e. The van der Waals surface area contributed by atoms with E-state index in [4.69, 9.17) is 21.1 Å². The maximum Gasteiger partial charge on any atom is 0.235 e. The summed E-state index contributed by atoms with van der Waals surface area (Å²) in [4.78, 5) is 15.2. The van der Waals surface area contributed by atoms with Crippen molar-refractivity contribution in [2.75, 3.05) is 14.2 Å². The van der Waals surface area contributed by atoms with Gasteiger partial charge in [-0.1, -0.05) is 38.3 Å². The Morgan fingerprint density at radius 1 is 1.23 bits per heavy atom. The lowest BCUT2D eigenvalue weighted by Crippen LogP contribution is -2.22. The minimum absolute atomic E-state index is 0.190. The van der Waals surface area contributed by atoms with E-state index in [0.29, 0.717) is 16.5 Å². The molecule has 0 aliphatic heterocycles. The molecule has 5 heteroatoms. The molecular weight excluding hydrogens is 302 g/mol. The van der Waals surface area contributed by atoms with Gasteiger partial charge in [0, 0.05) is 5.56 Å². The summed E-state index contributed by atoms with van der Waals surface area (Å²) in [5.74, 6) is 1.35. The van der Waals surface area contributed by atoms with Gasteiger partial charge in [0.25, 0.3) is 0 Å². The highest BCUT2D eigenvalue weighted by molar-refractivity contribution is 6.32. The molecule has 0 atom stereocenters. The van der Waals surface area contributed by atoms with E-state index in [1.807, 2.05) is 6.07 Å². The third kappa shape index (κ3) is 2.73. The molecule has 1 aromatic rings. The van der Waals surface area contributed by atoms with Crippen LogP contribution >= 0.6 is 11.6 Å². The molecule has 0 radical (unpaired) electrons. The van der Waals surface area contributed by atoms with Gasteiger partial charge in [-0.25, -0.2) is 4.79 Å². The van der Waals surface area contributed by atoms with Crippen LogP contribution < -0.4 is 9.47 Å². The maximum absolute atomic E-state index is 11.0. The zero-order valence-corrected chi connectivity index (χ0v) is 14.3.